The Morgan fingerprint density at radius 1 is 1.13 bits per heavy atom. The summed E-state index contributed by atoms with van der Waals surface area (Å²) in [5, 5.41) is 25.2. The highest BCUT2D eigenvalue weighted by molar-refractivity contribution is 5.94. The summed E-state index contributed by atoms with van der Waals surface area (Å²) in [5.74, 6) is -3.14. The number of hydrogen-bond donors (Lipinski definition) is 7. The molecule has 8 N–H and O–H groups in total. The lowest BCUT2D eigenvalue weighted by atomic mass is 10.0. The molecule has 4 rings (SSSR count). The minimum atomic E-state index is -1.40. The summed E-state index contributed by atoms with van der Waals surface area (Å²) >= 11 is 0. The number of nitrogens with one attached hydrogen (secondary N) is 4. The Bertz CT molecular complexity index is 1290. The molecule has 3 heterocycles. The third-order valence-electron chi connectivity index (χ3n) is 6.68. The second-order valence-corrected chi connectivity index (χ2v) is 9.28. The van der Waals surface area contributed by atoms with Gasteiger partial charge in [-0.25, -0.2) is 9.78 Å². The molecular weight excluding hydrogens is 494 g/mol. The van der Waals surface area contributed by atoms with Crippen LogP contribution in [0, 0.1) is 0 Å². The number of benzene rings is 1. The van der Waals surface area contributed by atoms with Crippen molar-refractivity contribution in [2.45, 2.75) is 49.9 Å². The summed E-state index contributed by atoms with van der Waals surface area (Å²) in [6.45, 7) is -0.424. The standard InChI is InChI=1S/C25H31N7O6/c26-17(9-15-11-27-13-29-15)24(36)32-7-3-6-21(32)23(35)31-20(12-33)22(34)30-19(25(37)38)8-14-10-28-18-5-2-1-4-16(14)18/h1-2,4-5,10-11,13,17,19-21,28,33H,3,6-9,12,26H2,(H,27,29)(H,30,34)(H,31,35)(H,37,38). The van der Waals surface area contributed by atoms with Crippen molar-refractivity contribution in [3.63, 3.8) is 0 Å². The highest BCUT2D eigenvalue weighted by Crippen LogP contribution is 2.20. The molecule has 3 amide bonds. The molecule has 1 aliphatic rings. The number of carbonyl (C=O) groups is 4. The third-order valence-corrected chi connectivity index (χ3v) is 6.68. The predicted molar refractivity (Wildman–Crippen MR) is 136 cm³/mol. The maximum Gasteiger partial charge on any atom is 0.326 e. The van der Waals surface area contributed by atoms with E-state index in [-0.39, 0.29) is 12.8 Å². The number of rotatable bonds is 11. The number of nitrogens with zero attached hydrogens (tertiary/aromatic N) is 2. The van der Waals surface area contributed by atoms with E-state index in [2.05, 4.69) is 25.6 Å². The highest BCUT2D eigenvalue weighted by Gasteiger charge is 2.38. The molecule has 3 aromatic rings. The van der Waals surface area contributed by atoms with E-state index in [1.165, 1.54) is 11.2 Å². The zero-order chi connectivity index (χ0) is 27.2. The van der Waals surface area contributed by atoms with E-state index in [0.717, 1.165) is 10.9 Å². The number of carboxylic acids is 1. The fourth-order valence-corrected chi connectivity index (χ4v) is 4.69. The number of aliphatic hydroxyl groups excluding tert-OH is 1. The zero-order valence-corrected chi connectivity index (χ0v) is 20.6. The van der Waals surface area contributed by atoms with Crippen molar-refractivity contribution in [3.05, 3.63) is 54.2 Å². The number of aromatic amines is 2. The molecule has 4 atom stereocenters. The van der Waals surface area contributed by atoms with Gasteiger partial charge in [0, 0.05) is 48.4 Å². The minimum Gasteiger partial charge on any atom is -0.480 e. The third kappa shape index (κ3) is 6.01. The van der Waals surface area contributed by atoms with Gasteiger partial charge >= 0.3 is 5.97 Å². The Labute approximate surface area is 217 Å². The summed E-state index contributed by atoms with van der Waals surface area (Å²) in [6.07, 6.45) is 5.88. The summed E-state index contributed by atoms with van der Waals surface area (Å²) in [7, 11) is 0. The van der Waals surface area contributed by atoms with Crippen LogP contribution in [0.5, 0.6) is 0 Å². The molecule has 1 aromatic carbocycles. The number of carbonyl (C=O) groups excluding carboxylic acids is 3. The van der Waals surface area contributed by atoms with E-state index in [1.807, 2.05) is 24.3 Å². The first-order valence-electron chi connectivity index (χ1n) is 12.3. The van der Waals surface area contributed by atoms with E-state index in [1.54, 1.807) is 12.4 Å². The van der Waals surface area contributed by atoms with Crippen molar-refractivity contribution in [2.75, 3.05) is 13.2 Å². The second-order valence-electron chi connectivity index (χ2n) is 9.28. The largest absolute Gasteiger partial charge is 0.480 e. The van der Waals surface area contributed by atoms with Crippen LogP contribution in [0.2, 0.25) is 0 Å². The molecule has 202 valence electrons. The molecule has 1 fully saturated rings. The van der Waals surface area contributed by atoms with Crippen LogP contribution in [0.4, 0.5) is 0 Å². The number of aliphatic carboxylic acids is 1. The maximum atomic E-state index is 13.0. The number of amides is 3. The fraction of sp³-hybridized carbons (Fsp3) is 0.400. The molecule has 4 unspecified atom stereocenters. The predicted octanol–water partition coefficient (Wildman–Crippen LogP) is -0.959. The quantitative estimate of drug-likeness (QED) is 0.166. The van der Waals surface area contributed by atoms with Crippen molar-refractivity contribution in [1.29, 1.82) is 0 Å². The van der Waals surface area contributed by atoms with Crippen LogP contribution in [0.3, 0.4) is 0 Å². The molecule has 1 saturated heterocycles. The van der Waals surface area contributed by atoms with Crippen LogP contribution < -0.4 is 16.4 Å². The zero-order valence-electron chi connectivity index (χ0n) is 20.6. The SMILES string of the molecule is NC(Cc1cnc[nH]1)C(=O)N1CCCC1C(=O)NC(CO)C(=O)NC(Cc1c[nH]c2ccccc12)C(=O)O. The number of carboxylic acid groups (broad SMARTS) is 1. The van der Waals surface area contributed by atoms with Gasteiger partial charge in [0.2, 0.25) is 17.7 Å². The van der Waals surface area contributed by atoms with Gasteiger partial charge in [0.05, 0.1) is 19.0 Å². The van der Waals surface area contributed by atoms with Crippen LogP contribution in [-0.2, 0) is 32.0 Å². The molecule has 38 heavy (non-hydrogen) atoms. The van der Waals surface area contributed by atoms with Crippen LogP contribution in [0.15, 0.2) is 43.0 Å². The Morgan fingerprint density at radius 3 is 2.63 bits per heavy atom. The van der Waals surface area contributed by atoms with Gasteiger partial charge in [0.25, 0.3) is 0 Å². The summed E-state index contributed by atoms with van der Waals surface area (Å²) in [5.41, 5.74) is 8.28. The van der Waals surface area contributed by atoms with Gasteiger partial charge < -0.3 is 41.4 Å². The van der Waals surface area contributed by atoms with E-state index >= 15 is 0 Å². The lowest BCUT2D eigenvalue weighted by molar-refractivity contribution is -0.143. The van der Waals surface area contributed by atoms with E-state index in [0.29, 0.717) is 30.6 Å². The van der Waals surface area contributed by atoms with E-state index in [4.69, 9.17) is 5.73 Å². The number of imidazole rings is 1. The molecule has 1 aliphatic heterocycles. The number of para-hydroxylation sites is 1. The van der Waals surface area contributed by atoms with Gasteiger partial charge in [-0.3, -0.25) is 14.4 Å². The average Bonchev–Trinajstić information content (AvgIpc) is 3.67. The van der Waals surface area contributed by atoms with Crippen molar-refractivity contribution in [2.24, 2.45) is 5.73 Å². The van der Waals surface area contributed by atoms with Crippen LogP contribution in [0.1, 0.15) is 24.1 Å². The number of likely N-dealkylation sites (tertiary alicyclic amines) is 1. The Kier molecular flexibility index (Phi) is 8.38. The average molecular weight is 526 g/mol. The molecule has 0 aliphatic carbocycles. The lowest BCUT2D eigenvalue weighted by Gasteiger charge is -2.28. The Morgan fingerprint density at radius 2 is 1.92 bits per heavy atom. The number of aromatic nitrogens is 3. The number of aliphatic hydroxyl groups is 1. The number of H-pyrrole nitrogens is 2. The summed E-state index contributed by atoms with van der Waals surface area (Å²) < 4.78 is 0. The van der Waals surface area contributed by atoms with Crippen LogP contribution >= 0.6 is 0 Å². The summed E-state index contributed by atoms with van der Waals surface area (Å²) in [4.78, 5) is 61.9. The maximum absolute atomic E-state index is 13.0. The van der Waals surface area contributed by atoms with Crippen molar-refractivity contribution < 1.29 is 29.4 Å². The van der Waals surface area contributed by atoms with Crippen molar-refractivity contribution in [1.82, 2.24) is 30.5 Å². The lowest BCUT2D eigenvalue weighted by Crippen LogP contribution is -2.58. The van der Waals surface area contributed by atoms with Crippen LogP contribution in [0.25, 0.3) is 10.9 Å². The first kappa shape index (κ1) is 26.8. The normalized spacial score (nSPS) is 17.6. The van der Waals surface area contributed by atoms with Gasteiger partial charge in [-0.05, 0) is 24.5 Å². The highest BCUT2D eigenvalue weighted by atomic mass is 16.4. The Hall–Kier alpha value is -4.23. The number of fused-ring (bicyclic) bond motifs is 1. The monoisotopic (exact) mass is 525 g/mol. The van der Waals surface area contributed by atoms with Gasteiger partial charge in [0.15, 0.2) is 0 Å². The Balaban J connectivity index is 1.37. The molecule has 13 nitrogen and oxygen atoms in total. The molecule has 0 radical (unpaired) electrons. The molecule has 13 heteroatoms. The van der Waals surface area contributed by atoms with E-state index in [9.17, 15) is 29.4 Å². The number of hydrogen-bond acceptors (Lipinski definition) is 7. The minimum absolute atomic E-state index is 0.00366. The van der Waals surface area contributed by atoms with Gasteiger partial charge in [-0.15, -0.1) is 0 Å². The fourth-order valence-electron chi connectivity index (χ4n) is 4.69. The van der Waals surface area contributed by atoms with Crippen molar-refractivity contribution in [3.8, 4) is 0 Å². The summed E-state index contributed by atoms with van der Waals surface area (Å²) in [6, 6.07) is 2.92. The first-order valence-corrected chi connectivity index (χ1v) is 12.3. The topological polar surface area (TPSA) is 207 Å². The van der Waals surface area contributed by atoms with Gasteiger partial charge in [-0.1, -0.05) is 18.2 Å². The number of nitrogens with two attached hydrogens (primary N) is 1. The van der Waals surface area contributed by atoms with Gasteiger partial charge in [-0.2, -0.15) is 0 Å². The first-order chi connectivity index (χ1) is 18.3. The molecule has 0 spiro atoms. The smallest absolute Gasteiger partial charge is 0.326 e. The molecule has 0 bridgehead atoms. The van der Waals surface area contributed by atoms with Crippen LogP contribution in [-0.4, -0.2) is 91.1 Å². The van der Waals surface area contributed by atoms with Crippen molar-refractivity contribution >= 4 is 34.6 Å². The molecule has 0 saturated carbocycles. The van der Waals surface area contributed by atoms with Gasteiger partial charge in [0.1, 0.15) is 18.1 Å². The second kappa shape index (κ2) is 11.9. The van der Waals surface area contributed by atoms with E-state index < -0.39 is 54.5 Å². The molecular formula is C25H31N7O6. The molecule has 2 aromatic heterocycles.